The summed E-state index contributed by atoms with van der Waals surface area (Å²) in [6, 6.07) is 0.184. The highest BCUT2D eigenvalue weighted by Gasteiger charge is 2.38. The summed E-state index contributed by atoms with van der Waals surface area (Å²) >= 11 is 0. The number of amides is 2. The third-order valence-electron chi connectivity index (χ3n) is 3.73. The molecule has 1 heterocycles. The van der Waals surface area contributed by atoms with Crippen molar-refractivity contribution in [2.75, 3.05) is 6.54 Å². The van der Waals surface area contributed by atoms with Crippen LogP contribution < -0.4 is 5.32 Å². The summed E-state index contributed by atoms with van der Waals surface area (Å²) < 4.78 is 0. The maximum atomic E-state index is 12.0. The first-order valence-corrected chi connectivity index (χ1v) is 6.82. The highest BCUT2D eigenvalue weighted by molar-refractivity contribution is 6.05. The SMILES string of the molecule is CCCN1C(=O)CC(NC2CCCCC2)C1=O. The fraction of sp³-hybridized carbons (Fsp3) is 0.846. The van der Waals surface area contributed by atoms with E-state index in [9.17, 15) is 9.59 Å². The Hall–Kier alpha value is -0.900. The third-order valence-corrected chi connectivity index (χ3v) is 3.73. The lowest BCUT2D eigenvalue weighted by Crippen LogP contribution is -2.44. The van der Waals surface area contributed by atoms with Crippen LogP contribution in [0.25, 0.3) is 0 Å². The first-order chi connectivity index (χ1) is 8.22. The van der Waals surface area contributed by atoms with Crippen LogP contribution in [0.3, 0.4) is 0 Å². The molecule has 96 valence electrons. The molecule has 0 radical (unpaired) electrons. The molecule has 2 amide bonds. The quantitative estimate of drug-likeness (QED) is 0.754. The number of nitrogens with zero attached hydrogens (tertiary/aromatic N) is 1. The summed E-state index contributed by atoms with van der Waals surface area (Å²) in [7, 11) is 0. The van der Waals surface area contributed by atoms with Gasteiger partial charge in [-0.1, -0.05) is 26.2 Å². The predicted octanol–water partition coefficient (Wildman–Crippen LogP) is 1.45. The maximum absolute atomic E-state index is 12.0. The smallest absolute Gasteiger partial charge is 0.246 e. The standard InChI is InChI=1S/C13H22N2O2/c1-2-8-15-12(16)9-11(13(15)17)14-10-6-4-3-5-7-10/h10-11,14H,2-9H2,1H3. The molecule has 1 aliphatic carbocycles. The van der Waals surface area contributed by atoms with Gasteiger partial charge in [-0.25, -0.2) is 0 Å². The predicted molar refractivity (Wildman–Crippen MR) is 65.4 cm³/mol. The van der Waals surface area contributed by atoms with Crippen molar-refractivity contribution in [2.24, 2.45) is 0 Å². The molecular weight excluding hydrogens is 216 g/mol. The molecule has 2 aliphatic rings. The number of hydrogen-bond donors (Lipinski definition) is 1. The average molecular weight is 238 g/mol. The van der Waals surface area contributed by atoms with Gasteiger partial charge in [0.05, 0.1) is 12.5 Å². The first-order valence-electron chi connectivity index (χ1n) is 6.82. The molecule has 1 saturated heterocycles. The van der Waals surface area contributed by atoms with Crippen LogP contribution in [0.5, 0.6) is 0 Å². The van der Waals surface area contributed by atoms with Crippen LogP contribution in [0.1, 0.15) is 51.9 Å². The van der Waals surface area contributed by atoms with Crippen LogP contribution in [0, 0.1) is 0 Å². The molecule has 1 saturated carbocycles. The van der Waals surface area contributed by atoms with E-state index in [1.807, 2.05) is 6.92 Å². The van der Waals surface area contributed by atoms with Crippen LogP contribution in [0.4, 0.5) is 0 Å². The lowest BCUT2D eigenvalue weighted by molar-refractivity contribution is -0.138. The van der Waals surface area contributed by atoms with E-state index in [0.29, 0.717) is 19.0 Å². The molecule has 17 heavy (non-hydrogen) atoms. The van der Waals surface area contributed by atoms with Crippen LogP contribution in [-0.4, -0.2) is 35.3 Å². The normalized spacial score (nSPS) is 26.9. The van der Waals surface area contributed by atoms with E-state index in [4.69, 9.17) is 0 Å². The molecule has 1 atom stereocenters. The van der Waals surface area contributed by atoms with E-state index in [2.05, 4.69) is 5.32 Å². The summed E-state index contributed by atoms with van der Waals surface area (Å²) in [6.45, 7) is 2.56. The highest BCUT2D eigenvalue weighted by Crippen LogP contribution is 2.21. The zero-order valence-corrected chi connectivity index (χ0v) is 10.6. The Morgan fingerprint density at radius 3 is 2.59 bits per heavy atom. The second kappa shape index (κ2) is 5.63. The van der Waals surface area contributed by atoms with Gasteiger partial charge in [0.2, 0.25) is 11.8 Å². The van der Waals surface area contributed by atoms with Crippen LogP contribution in [0.15, 0.2) is 0 Å². The molecule has 1 N–H and O–H groups in total. The highest BCUT2D eigenvalue weighted by atomic mass is 16.2. The van der Waals surface area contributed by atoms with Gasteiger partial charge in [0.25, 0.3) is 0 Å². The molecular formula is C13H22N2O2. The fourth-order valence-electron chi connectivity index (χ4n) is 2.83. The van der Waals surface area contributed by atoms with Gasteiger partial charge in [0, 0.05) is 12.6 Å². The van der Waals surface area contributed by atoms with E-state index in [1.165, 1.54) is 24.2 Å². The Kier molecular flexibility index (Phi) is 4.15. The van der Waals surface area contributed by atoms with Crippen molar-refractivity contribution in [2.45, 2.75) is 64.0 Å². The summed E-state index contributed by atoms with van der Waals surface area (Å²) in [4.78, 5) is 25.1. The molecule has 2 fully saturated rings. The van der Waals surface area contributed by atoms with E-state index in [0.717, 1.165) is 19.3 Å². The van der Waals surface area contributed by atoms with Crippen molar-refractivity contribution < 1.29 is 9.59 Å². The molecule has 0 bridgehead atoms. The number of carbonyl (C=O) groups is 2. The number of carbonyl (C=O) groups excluding carboxylic acids is 2. The largest absolute Gasteiger partial charge is 0.303 e. The summed E-state index contributed by atoms with van der Waals surface area (Å²) in [5.41, 5.74) is 0. The van der Waals surface area contributed by atoms with Crippen molar-refractivity contribution in [3.63, 3.8) is 0 Å². The zero-order valence-electron chi connectivity index (χ0n) is 10.6. The van der Waals surface area contributed by atoms with Crippen LogP contribution in [0.2, 0.25) is 0 Å². The Labute approximate surface area is 103 Å². The Morgan fingerprint density at radius 2 is 1.94 bits per heavy atom. The molecule has 0 spiro atoms. The minimum absolute atomic E-state index is 0.00911. The Morgan fingerprint density at radius 1 is 1.24 bits per heavy atom. The van der Waals surface area contributed by atoms with Crippen molar-refractivity contribution in [1.82, 2.24) is 10.2 Å². The number of hydrogen-bond acceptors (Lipinski definition) is 3. The van der Waals surface area contributed by atoms with Crippen molar-refractivity contribution in [1.29, 1.82) is 0 Å². The molecule has 0 aromatic heterocycles. The molecule has 2 rings (SSSR count). The van der Waals surface area contributed by atoms with Crippen LogP contribution >= 0.6 is 0 Å². The maximum Gasteiger partial charge on any atom is 0.246 e. The van der Waals surface area contributed by atoms with Crippen molar-refractivity contribution in [3.8, 4) is 0 Å². The number of likely N-dealkylation sites (tertiary alicyclic amines) is 1. The molecule has 0 aromatic rings. The van der Waals surface area contributed by atoms with E-state index < -0.39 is 0 Å². The summed E-state index contributed by atoms with van der Waals surface area (Å²) in [5.74, 6) is -0.0208. The first kappa shape index (κ1) is 12.6. The Balaban J connectivity index is 1.89. The monoisotopic (exact) mass is 238 g/mol. The van der Waals surface area contributed by atoms with Gasteiger partial charge in [-0.05, 0) is 19.3 Å². The van der Waals surface area contributed by atoms with Gasteiger partial charge in [-0.15, -0.1) is 0 Å². The molecule has 4 heteroatoms. The minimum atomic E-state index is -0.253. The van der Waals surface area contributed by atoms with Gasteiger partial charge in [0.15, 0.2) is 0 Å². The van der Waals surface area contributed by atoms with Gasteiger partial charge in [0.1, 0.15) is 0 Å². The molecule has 4 nitrogen and oxygen atoms in total. The summed E-state index contributed by atoms with van der Waals surface area (Å²) in [5, 5.41) is 3.37. The van der Waals surface area contributed by atoms with Crippen molar-refractivity contribution >= 4 is 11.8 Å². The zero-order chi connectivity index (χ0) is 12.3. The van der Waals surface area contributed by atoms with Gasteiger partial charge in [-0.3, -0.25) is 14.5 Å². The topological polar surface area (TPSA) is 49.4 Å². The second-order valence-electron chi connectivity index (χ2n) is 5.14. The number of nitrogens with one attached hydrogen (secondary N) is 1. The van der Waals surface area contributed by atoms with E-state index >= 15 is 0 Å². The Bertz CT molecular complexity index is 298. The molecule has 1 aliphatic heterocycles. The lowest BCUT2D eigenvalue weighted by Gasteiger charge is -2.25. The van der Waals surface area contributed by atoms with Crippen molar-refractivity contribution in [3.05, 3.63) is 0 Å². The molecule has 0 aromatic carbocycles. The van der Waals surface area contributed by atoms with Gasteiger partial charge >= 0.3 is 0 Å². The lowest BCUT2D eigenvalue weighted by atomic mass is 9.95. The van der Waals surface area contributed by atoms with Gasteiger partial charge in [-0.2, -0.15) is 0 Å². The fourth-order valence-corrected chi connectivity index (χ4v) is 2.83. The molecule has 1 unspecified atom stereocenters. The average Bonchev–Trinajstić information content (AvgIpc) is 2.59. The third kappa shape index (κ3) is 2.86. The number of imide groups is 1. The van der Waals surface area contributed by atoms with Gasteiger partial charge < -0.3 is 5.32 Å². The summed E-state index contributed by atoms with van der Waals surface area (Å²) in [6.07, 6.45) is 7.27. The van der Waals surface area contributed by atoms with E-state index in [-0.39, 0.29) is 17.9 Å². The number of rotatable bonds is 4. The second-order valence-corrected chi connectivity index (χ2v) is 5.14. The van der Waals surface area contributed by atoms with Crippen LogP contribution in [-0.2, 0) is 9.59 Å². The van der Waals surface area contributed by atoms with E-state index in [1.54, 1.807) is 0 Å². The minimum Gasteiger partial charge on any atom is -0.303 e.